The van der Waals surface area contributed by atoms with Crippen molar-refractivity contribution in [3.05, 3.63) is 78.5 Å². The molecule has 0 spiro atoms. The van der Waals surface area contributed by atoms with E-state index in [0.717, 1.165) is 41.0 Å². The summed E-state index contributed by atoms with van der Waals surface area (Å²) in [5, 5.41) is 2.47. The first kappa shape index (κ1) is 19.3. The van der Waals surface area contributed by atoms with Crippen LogP contribution in [0.1, 0.15) is 24.8 Å². The van der Waals surface area contributed by atoms with E-state index < -0.39 is 6.09 Å². The van der Waals surface area contributed by atoms with Gasteiger partial charge in [-0.1, -0.05) is 54.6 Å². The summed E-state index contributed by atoms with van der Waals surface area (Å²) in [6.07, 6.45) is 4.53. The number of imidazole rings is 1. The Labute approximate surface area is 180 Å². The Hall–Kier alpha value is -3.64. The van der Waals surface area contributed by atoms with Crippen LogP contribution in [0.15, 0.2) is 72.9 Å². The van der Waals surface area contributed by atoms with Gasteiger partial charge in [0.2, 0.25) is 0 Å². The maximum absolute atomic E-state index is 11.7. The molecule has 0 atom stereocenters. The molecule has 0 bridgehead atoms. The normalized spacial score (nSPS) is 14.8. The van der Waals surface area contributed by atoms with Crippen molar-refractivity contribution in [2.75, 3.05) is 7.05 Å². The topological polar surface area (TPSA) is 81.6 Å². The Morgan fingerprint density at radius 3 is 2.42 bits per heavy atom. The minimum Gasteiger partial charge on any atom is -0.409 e. The van der Waals surface area contributed by atoms with Gasteiger partial charge in [-0.2, -0.15) is 0 Å². The molecule has 3 N–H and O–H groups in total. The highest BCUT2D eigenvalue weighted by atomic mass is 16.6. The zero-order valence-corrected chi connectivity index (χ0v) is 17.3. The van der Waals surface area contributed by atoms with Crippen LogP contribution in [-0.4, -0.2) is 22.5 Å². The number of hydrogen-bond donors (Lipinski definition) is 2. The number of hydrogen-bond acceptors (Lipinski definition) is 4. The molecule has 4 aromatic rings. The van der Waals surface area contributed by atoms with Crippen molar-refractivity contribution in [2.45, 2.75) is 24.8 Å². The summed E-state index contributed by atoms with van der Waals surface area (Å²) in [5.41, 5.74) is 12.1. The Morgan fingerprint density at radius 1 is 1.03 bits per heavy atom. The van der Waals surface area contributed by atoms with Crippen LogP contribution in [0.25, 0.3) is 28.2 Å². The second-order valence-electron chi connectivity index (χ2n) is 7.99. The van der Waals surface area contributed by atoms with E-state index >= 15 is 0 Å². The van der Waals surface area contributed by atoms with Crippen LogP contribution >= 0.6 is 0 Å². The highest BCUT2D eigenvalue weighted by Crippen LogP contribution is 2.40. The molecule has 0 radical (unpaired) electrons. The molecule has 1 aliphatic rings. The minimum atomic E-state index is -0.511. The van der Waals surface area contributed by atoms with Gasteiger partial charge in [-0.25, -0.2) is 9.78 Å². The van der Waals surface area contributed by atoms with Gasteiger partial charge in [0, 0.05) is 23.7 Å². The fourth-order valence-corrected chi connectivity index (χ4v) is 4.12. The monoisotopic (exact) mass is 412 g/mol. The lowest BCUT2D eigenvalue weighted by atomic mass is 9.72. The van der Waals surface area contributed by atoms with Gasteiger partial charge >= 0.3 is 6.09 Å². The van der Waals surface area contributed by atoms with Gasteiger partial charge in [-0.15, -0.1) is 0 Å². The lowest BCUT2D eigenvalue weighted by Gasteiger charge is -2.38. The predicted molar refractivity (Wildman–Crippen MR) is 121 cm³/mol. The van der Waals surface area contributed by atoms with E-state index in [1.54, 1.807) is 12.3 Å². The molecule has 0 aliphatic heterocycles. The molecule has 6 nitrogen and oxygen atoms in total. The zero-order chi connectivity index (χ0) is 21.4. The van der Waals surface area contributed by atoms with E-state index in [1.807, 2.05) is 28.7 Å². The Balaban J connectivity index is 1.64. The van der Waals surface area contributed by atoms with Crippen LogP contribution in [0.4, 0.5) is 4.79 Å². The van der Waals surface area contributed by atoms with Crippen molar-refractivity contribution in [3.63, 3.8) is 0 Å². The predicted octanol–water partition coefficient (Wildman–Crippen LogP) is 4.72. The molecule has 2 aromatic heterocycles. The molecule has 156 valence electrons. The molecule has 6 heteroatoms. The third-order valence-electron chi connectivity index (χ3n) is 6.03. The highest BCUT2D eigenvalue weighted by Gasteiger charge is 2.34. The van der Waals surface area contributed by atoms with Gasteiger partial charge in [-0.3, -0.25) is 4.40 Å². The molecule has 2 heterocycles. The number of amides is 1. The van der Waals surface area contributed by atoms with Gasteiger partial charge in [0.1, 0.15) is 11.4 Å². The third kappa shape index (κ3) is 3.45. The number of carbonyl (C=O) groups excluding carboxylic acids is 1. The van der Waals surface area contributed by atoms with Crippen LogP contribution < -0.4 is 15.8 Å². The fourth-order valence-electron chi connectivity index (χ4n) is 4.12. The van der Waals surface area contributed by atoms with E-state index in [4.69, 9.17) is 15.5 Å². The van der Waals surface area contributed by atoms with Crippen molar-refractivity contribution in [1.29, 1.82) is 0 Å². The van der Waals surface area contributed by atoms with Crippen molar-refractivity contribution >= 4 is 11.7 Å². The number of ether oxygens (including phenoxy) is 1. The standard InChI is InChI=1S/C25H24N4O2/c1-27-24(30)31-20-12-13-21-28-22(23(29(21)16-20)18-6-3-2-4-7-18)17-8-10-19(11-9-17)25(26)14-5-15-25/h2-4,6-13,16H,5,14-15,26H2,1H3,(H,27,30). The summed E-state index contributed by atoms with van der Waals surface area (Å²) < 4.78 is 7.30. The fraction of sp³-hybridized carbons (Fsp3) is 0.200. The molecule has 2 aromatic carbocycles. The molecule has 0 unspecified atom stereocenters. The number of nitrogens with two attached hydrogens (primary N) is 1. The second-order valence-corrected chi connectivity index (χ2v) is 7.99. The van der Waals surface area contributed by atoms with Gasteiger partial charge in [0.05, 0.1) is 17.6 Å². The lowest BCUT2D eigenvalue weighted by Crippen LogP contribution is -2.43. The van der Waals surface area contributed by atoms with E-state index in [0.29, 0.717) is 5.75 Å². The lowest BCUT2D eigenvalue weighted by molar-refractivity contribution is 0.202. The van der Waals surface area contributed by atoms with Crippen LogP contribution in [0.2, 0.25) is 0 Å². The van der Waals surface area contributed by atoms with Crippen LogP contribution in [0, 0.1) is 0 Å². The molecule has 1 saturated carbocycles. The largest absolute Gasteiger partial charge is 0.412 e. The Kier molecular flexibility index (Phi) is 4.71. The first-order valence-corrected chi connectivity index (χ1v) is 10.4. The minimum absolute atomic E-state index is 0.189. The number of pyridine rings is 1. The number of aromatic nitrogens is 2. The molecule has 1 amide bonds. The smallest absolute Gasteiger partial charge is 0.409 e. The molecular formula is C25H24N4O2. The first-order chi connectivity index (χ1) is 15.1. The maximum atomic E-state index is 11.7. The first-order valence-electron chi connectivity index (χ1n) is 10.4. The van der Waals surface area contributed by atoms with E-state index in [2.05, 4.69) is 41.7 Å². The van der Waals surface area contributed by atoms with Crippen LogP contribution in [0.5, 0.6) is 5.75 Å². The summed E-state index contributed by atoms with van der Waals surface area (Å²) in [5.74, 6) is 0.443. The number of fused-ring (bicyclic) bond motifs is 1. The SMILES string of the molecule is CNC(=O)Oc1ccc2nc(-c3ccc(C4(N)CCC4)cc3)c(-c3ccccc3)n2c1. The summed E-state index contributed by atoms with van der Waals surface area (Å²) in [6.45, 7) is 0. The van der Waals surface area contributed by atoms with E-state index in [1.165, 1.54) is 19.0 Å². The van der Waals surface area contributed by atoms with Crippen molar-refractivity contribution < 1.29 is 9.53 Å². The van der Waals surface area contributed by atoms with Gasteiger partial charge in [0.25, 0.3) is 0 Å². The summed E-state index contributed by atoms with van der Waals surface area (Å²) in [7, 11) is 1.53. The quantitative estimate of drug-likeness (QED) is 0.508. The Bertz CT molecular complexity index is 1240. The van der Waals surface area contributed by atoms with Crippen molar-refractivity contribution in [1.82, 2.24) is 14.7 Å². The Morgan fingerprint density at radius 2 is 1.77 bits per heavy atom. The summed E-state index contributed by atoms with van der Waals surface area (Å²) in [4.78, 5) is 16.6. The van der Waals surface area contributed by atoms with E-state index in [9.17, 15) is 4.79 Å². The average molecular weight is 412 g/mol. The second kappa shape index (κ2) is 7.56. The van der Waals surface area contributed by atoms with Crippen LogP contribution in [0.3, 0.4) is 0 Å². The molecule has 5 rings (SSSR count). The zero-order valence-electron chi connectivity index (χ0n) is 17.3. The molecule has 0 saturated heterocycles. The molecular weight excluding hydrogens is 388 g/mol. The number of nitrogens with zero attached hydrogens (tertiary/aromatic N) is 2. The van der Waals surface area contributed by atoms with Gasteiger partial charge < -0.3 is 15.8 Å². The average Bonchev–Trinajstić information content (AvgIpc) is 3.17. The summed E-state index contributed by atoms with van der Waals surface area (Å²) >= 11 is 0. The molecule has 31 heavy (non-hydrogen) atoms. The van der Waals surface area contributed by atoms with Crippen molar-refractivity contribution in [2.24, 2.45) is 5.73 Å². The summed E-state index contributed by atoms with van der Waals surface area (Å²) in [6, 6.07) is 22.1. The number of rotatable bonds is 4. The molecule has 1 aliphatic carbocycles. The van der Waals surface area contributed by atoms with Crippen molar-refractivity contribution in [3.8, 4) is 28.3 Å². The maximum Gasteiger partial charge on any atom is 0.412 e. The number of carbonyl (C=O) groups is 1. The third-order valence-corrected chi connectivity index (χ3v) is 6.03. The van der Waals surface area contributed by atoms with Crippen LogP contribution in [-0.2, 0) is 5.54 Å². The highest BCUT2D eigenvalue weighted by molar-refractivity contribution is 5.82. The van der Waals surface area contributed by atoms with Gasteiger partial charge in [0.15, 0.2) is 0 Å². The number of benzene rings is 2. The van der Waals surface area contributed by atoms with Gasteiger partial charge in [-0.05, 0) is 37.0 Å². The van der Waals surface area contributed by atoms with E-state index in [-0.39, 0.29) is 5.54 Å². The number of nitrogens with one attached hydrogen (secondary N) is 1. The molecule has 1 fully saturated rings.